The number of carbonyl (C=O) groups excluding carboxylic acids is 1. The molecule has 0 saturated carbocycles. The molecule has 0 spiro atoms. The molecule has 25 heavy (non-hydrogen) atoms. The largest absolute Gasteiger partial charge is 0.491 e. The lowest BCUT2D eigenvalue weighted by atomic mass is 10.0. The first-order valence-corrected chi connectivity index (χ1v) is 7.99. The van der Waals surface area contributed by atoms with Gasteiger partial charge < -0.3 is 20.3 Å². The lowest BCUT2D eigenvalue weighted by Crippen LogP contribution is -2.51. The maximum Gasteiger partial charge on any atom is 0.240 e. The van der Waals surface area contributed by atoms with Crippen molar-refractivity contribution < 1.29 is 14.1 Å². The summed E-state index contributed by atoms with van der Waals surface area (Å²) in [4.78, 5) is 12.3. The molecule has 0 aliphatic rings. The van der Waals surface area contributed by atoms with E-state index in [4.69, 9.17) is 20.3 Å². The zero-order chi connectivity index (χ0) is 18.3. The van der Waals surface area contributed by atoms with Gasteiger partial charge in [-0.3, -0.25) is 4.79 Å². The Labute approximate surface area is 146 Å². The van der Waals surface area contributed by atoms with E-state index >= 15 is 0 Å². The zero-order valence-electron chi connectivity index (χ0n) is 14.4. The number of rotatable bonds is 8. The van der Waals surface area contributed by atoms with Crippen molar-refractivity contribution in [2.24, 2.45) is 5.73 Å². The van der Waals surface area contributed by atoms with Gasteiger partial charge in [-0.15, -0.1) is 0 Å². The van der Waals surface area contributed by atoms with Crippen LogP contribution in [-0.2, 0) is 11.2 Å². The Morgan fingerprint density at radius 1 is 1.44 bits per heavy atom. The van der Waals surface area contributed by atoms with Crippen LogP contribution in [0.25, 0.3) is 0 Å². The second-order valence-corrected chi connectivity index (χ2v) is 6.25. The fraction of sp³-hybridized carbons (Fsp3) is 0.389. The minimum atomic E-state index is -1.04. The summed E-state index contributed by atoms with van der Waals surface area (Å²) < 4.78 is 10.8. The lowest BCUT2D eigenvalue weighted by molar-refractivity contribution is -0.126. The molecule has 0 bridgehead atoms. The summed E-state index contributed by atoms with van der Waals surface area (Å²) in [7, 11) is 0. The summed E-state index contributed by atoms with van der Waals surface area (Å²) in [6.45, 7) is 3.41. The van der Waals surface area contributed by atoms with Gasteiger partial charge >= 0.3 is 0 Å². The number of nitrogens with two attached hydrogens (primary N) is 1. The average Bonchev–Trinajstić information content (AvgIpc) is 3.05. The fourth-order valence-electron chi connectivity index (χ4n) is 2.16. The Kier molecular flexibility index (Phi) is 6.14. The number of ether oxygens (including phenoxy) is 1. The summed E-state index contributed by atoms with van der Waals surface area (Å²) in [5, 5.41) is 15.6. The Morgan fingerprint density at radius 3 is 2.80 bits per heavy atom. The monoisotopic (exact) mass is 342 g/mol. The number of aryl methyl sites for hydroxylation is 1. The van der Waals surface area contributed by atoms with Crippen molar-refractivity contribution in [2.45, 2.75) is 38.3 Å². The van der Waals surface area contributed by atoms with Crippen LogP contribution in [-0.4, -0.2) is 23.2 Å². The van der Waals surface area contributed by atoms with Crippen LogP contribution in [0.4, 0.5) is 0 Å². The third-order valence-electron chi connectivity index (χ3n) is 3.56. The van der Waals surface area contributed by atoms with Crippen LogP contribution in [0.3, 0.4) is 0 Å². The number of hydrogen-bond acceptors (Lipinski definition) is 6. The van der Waals surface area contributed by atoms with E-state index in [1.165, 1.54) is 6.26 Å². The van der Waals surface area contributed by atoms with Gasteiger partial charge in [0.2, 0.25) is 5.91 Å². The number of para-hydroxylation sites is 1. The number of aromatic nitrogens is 1. The highest BCUT2D eigenvalue weighted by atomic mass is 16.5. The maximum absolute atomic E-state index is 12.3. The van der Waals surface area contributed by atoms with Crippen LogP contribution in [0.1, 0.15) is 37.6 Å². The Hall–Kier alpha value is -2.85. The van der Waals surface area contributed by atoms with Crippen molar-refractivity contribution in [2.75, 3.05) is 6.61 Å². The predicted molar refractivity (Wildman–Crippen MR) is 91.5 cm³/mol. The molecule has 1 aromatic heterocycles. The van der Waals surface area contributed by atoms with Gasteiger partial charge in [0.05, 0.1) is 11.6 Å². The smallest absolute Gasteiger partial charge is 0.240 e. The molecular weight excluding hydrogens is 320 g/mol. The van der Waals surface area contributed by atoms with Gasteiger partial charge in [-0.1, -0.05) is 23.4 Å². The number of amides is 1. The molecule has 2 rings (SSSR count). The minimum Gasteiger partial charge on any atom is -0.491 e. The third kappa shape index (κ3) is 5.33. The highest BCUT2D eigenvalue weighted by Crippen LogP contribution is 2.21. The lowest BCUT2D eigenvalue weighted by Gasteiger charge is -2.24. The summed E-state index contributed by atoms with van der Waals surface area (Å²) in [6.07, 6.45) is 2.30. The quantitative estimate of drug-likeness (QED) is 0.759. The van der Waals surface area contributed by atoms with Gasteiger partial charge in [0, 0.05) is 12.0 Å². The van der Waals surface area contributed by atoms with E-state index in [1.54, 1.807) is 13.8 Å². The van der Waals surface area contributed by atoms with Crippen LogP contribution < -0.4 is 15.8 Å². The van der Waals surface area contributed by atoms with Gasteiger partial charge in [-0.2, -0.15) is 5.26 Å². The van der Waals surface area contributed by atoms with E-state index in [9.17, 15) is 4.79 Å². The van der Waals surface area contributed by atoms with E-state index in [0.29, 0.717) is 24.3 Å². The Morgan fingerprint density at radius 2 is 2.16 bits per heavy atom. The second-order valence-electron chi connectivity index (χ2n) is 6.25. The first-order chi connectivity index (χ1) is 11.9. The topological polar surface area (TPSA) is 114 Å². The maximum atomic E-state index is 12.3. The molecule has 1 amide bonds. The van der Waals surface area contributed by atoms with Gasteiger partial charge in [0.15, 0.2) is 0 Å². The number of hydrogen-bond donors (Lipinski definition) is 2. The molecule has 0 radical (unpaired) electrons. The molecule has 0 aliphatic carbocycles. The van der Waals surface area contributed by atoms with Crippen LogP contribution in [0.2, 0.25) is 0 Å². The highest BCUT2D eigenvalue weighted by Gasteiger charge is 2.28. The Balaban J connectivity index is 2.18. The molecule has 1 heterocycles. The van der Waals surface area contributed by atoms with Gasteiger partial charge in [0.1, 0.15) is 30.4 Å². The predicted octanol–water partition coefficient (Wildman–Crippen LogP) is 2.10. The van der Waals surface area contributed by atoms with E-state index in [1.807, 2.05) is 30.3 Å². The van der Waals surface area contributed by atoms with Crippen LogP contribution in [0.5, 0.6) is 5.75 Å². The molecule has 0 fully saturated rings. The van der Waals surface area contributed by atoms with Crippen molar-refractivity contribution in [3.63, 3.8) is 0 Å². The van der Waals surface area contributed by atoms with Crippen molar-refractivity contribution in [1.82, 2.24) is 10.5 Å². The summed E-state index contributed by atoms with van der Waals surface area (Å²) in [6, 6.07) is 10.8. The van der Waals surface area contributed by atoms with Crippen molar-refractivity contribution in [3.05, 3.63) is 47.9 Å². The standard InChI is InChI=1S/C18H22N4O3/c1-18(2,20)17(23)21-15(12-24-14-8-4-3-5-9-14)16-13(7-6-10-19)11-25-22-16/h3-5,8-9,11,15H,6-7,12,20H2,1-2H3,(H,21,23)/t15-/m0/s1. The van der Waals surface area contributed by atoms with Gasteiger partial charge in [0.25, 0.3) is 0 Å². The second kappa shape index (κ2) is 8.31. The van der Waals surface area contributed by atoms with E-state index in [0.717, 1.165) is 5.56 Å². The molecule has 7 nitrogen and oxygen atoms in total. The third-order valence-corrected chi connectivity index (χ3v) is 3.56. The first kappa shape index (κ1) is 18.5. The number of nitriles is 1. The van der Waals surface area contributed by atoms with Crippen LogP contribution >= 0.6 is 0 Å². The number of benzene rings is 1. The van der Waals surface area contributed by atoms with Gasteiger partial charge in [-0.05, 0) is 32.4 Å². The van der Waals surface area contributed by atoms with Crippen molar-refractivity contribution >= 4 is 5.91 Å². The highest BCUT2D eigenvalue weighted by molar-refractivity contribution is 5.85. The summed E-state index contributed by atoms with van der Waals surface area (Å²) in [5.41, 5.74) is 6.13. The van der Waals surface area contributed by atoms with Gasteiger partial charge in [-0.25, -0.2) is 0 Å². The van der Waals surface area contributed by atoms with E-state index < -0.39 is 11.6 Å². The molecule has 0 aliphatic heterocycles. The van der Waals surface area contributed by atoms with E-state index in [2.05, 4.69) is 16.5 Å². The molecule has 3 N–H and O–H groups in total. The number of nitrogens with zero attached hydrogens (tertiary/aromatic N) is 2. The zero-order valence-corrected chi connectivity index (χ0v) is 14.4. The van der Waals surface area contributed by atoms with Crippen LogP contribution in [0.15, 0.2) is 41.1 Å². The van der Waals surface area contributed by atoms with Crippen molar-refractivity contribution in [3.8, 4) is 11.8 Å². The Bertz CT molecular complexity index is 729. The minimum absolute atomic E-state index is 0.165. The SMILES string of the molecule is CC(C)(N)C(=O)N[C@@H](COc1ccccc1)c1nocc1CCC#N. The molecular formula is C18H22N4O3. The summed E-state index contributed by atoms with van der Waals surface area (Å²) in [5.74, 6) is 0.347. The number of nitrogens with one attached hydrogen (secondary N) is 1. The normalized spacial score (nSPS) is 12.2. The molecule has 1 aromatic carbocycles. The van der Waals surface area contributed by atoms with Crippen LogP contribution in [0, 0.1) is 11.3 Å². The molecule has 0 unspecified atom stereocenters. The molecule has 2 aromatic rings. The fourth-order valence-corrected chi connectivity index (χ4v) is 2.16. The molecule has 1 atom stereocenters. The first-order valence-electron chi connectivity index (χ1n) is 7.99. The average molecular weight is 342 g/mol. The van der Waals surface area contributed by atoms with E-state index in [-0.39, 0.29) is 12.5 Å². The molecule has 132 valence electrons. The molecule has 7 heteroatoms. The number of carbonyl (C=O) groups is 1. The van der Waals surface area contributed by atoms with Crippen molar-refractivity contribution in [1.29, 1.82) is 5.26 Å². The molecule has 0 saturated heterocycles. The summed E-state index contributed by atoms with van der Waals surface area (Å²) >= 11 is 0.